The van der Waals surface area contributed by atoms with Crippen molar-refractivity contribution in [1.29, 1.82) is 0 Å². The Kier molecular flexibility index (Phi) is 5.28. The Morgan fingerprint density at radius 3 is 2.69 bits per heavy atom. The standard InChI is InChI=1S/C12H22N2S2/c1-9(5-13)6-15-8-11-14-10(7-16-11)12(2,3)4/h7,9H,5-6,8,13H2,1-4H3. The molecule has 0 saturated heterocycles. The number of thiazole rings is 1. The molecule has 1 unspecified atom stereocenters. The van der Waals surface area contributed by atoms with E-state index in [-0.39, 0.29) is 5.41 Å². The zero-order chi connectivity index (χ0) is 12.2. The first-order chi connectivity index (χ1) is 7.43. The first-order valence-electron chi connectivity index (χ1n) is 5.66. The SMILES string of the molecule is CC(CN)CSCc1nc(C(C)(C)C)cs1. The van der Waals surface area contributed by atoms with Gasteiger partial charge in [0.2, 0.25) is 0 Å². The van der Waals surface area contributed by atoms with Gasteiger partial charge in [-0.25, -0.2) is 4.98 Å². The van der Waals surface area contributed by atoms with Crippen molar-refractivity contribution in [3.63, 3.8) is 0 Å². The summed E-state index contributed by atoms with van der Waals surface area (Å²) in [5.74, 6) is 2.75. The van der Waals surface area contributed by atoms with E-state index in [9.17, 15) is 0 Å². The van der Waals surface area contributed by atoms with Crippen LogP contribution in [0.1, 0.15) is 38.4 Å². The van der Waals surface area contributed by atoms with Crippen molar-refractivity contribution in [2.45, 2.75) is 38.9 Å². The zero-order valence-corrected chi connectivity index (χ0v) is 12.3. The van der Waals surface area contributed by atoms with E-state index in [0.717, 1.165) is 18.1 Å². The lowest BCUT2D eigenvalue weighted by Crippen LogP contribution is -2.13. The first kappa shape index (κ1) is 14.0. The van der Waals surface area contributed by atoms with E-state index < -0.39 is 0 Å². The number of thioether (sulfide) groups is 1. The van der Waals surface area contributed by atoms with Crippen molar-refractivity contribution in [3.05, 3.63) is 16.1 Å². The van der Waals surface area contributed by atoms with Gasteiger partial charge in [0.05, 0.1) is 5.69 Å². The molecule has 1 rings (SSSR count). The van der Waals surface area contributed by atoms with Crippen LogP contribution in [0.2, 0.25) is 0 Å². The molecule has 1 aromatic rings. The second-order valence-corrected chi connectivity index (χ2v) is 7.21. The molecule has 0 aliphatic heterocycles. The molecule has 16 heavy (non-hydrogen) atoms. The van der Waals surface area contributed by atoms with E-state index in [1.807, 2.05) is 11.8 Å². The highest BCUT2D eigenvalue weighted by atomic mass is 32.2. The summed E-state index contributed by atoms with van der Waals surface area (Å²) < 4.78 is 0. The van der Waals surface area contributed by atoms with Gasteiger partial charge in [-0.05, 0) is 18.2 Å². The van der Waals surface area contributed by atoms with Crippen LogP contribution in [0, 0.1) is 5.92 Å². The second kappa shape index (κ2) is 6.03. The fourth-order valence-electron chi connectivity index (χ4n) is 1.14. The molecule has 0 aliphatic carbocycles. The summed E-state index contributed by atoms with van der Waals surface area (Å²) in [6.45, 7) is 9.58. The summed E-state index contributed by atoms with van der Waals surface area (Å²) in [6, 6.07) is 0. The molecular weight excluding hydrogens is 236 g/mol. The smallest absolute Gasteiger partial charge is 0.103 e. The molecule has 0 bridgehead atoms. The molecule has 0 saturated carbocycles. The van der Waals surface area contributed by atoms with E-state index in [2.05, 4.69) is 38.1 Å². The molecule has 0 aliphatic rings. The van der Waals surface area contributed by atoms with E-state index in [1.54, 1.807) is 11.3 Å². The Morgan fingerprint density at radius 2 is 2.19 bits per heavy atom. The lowest BCUT2D eigenvalue weighted by atomic mass is 9.93. The van der Waals surface area contributed by atoms with Crippen LogP contribution in [-0.2, 0) is 11.2 Å². The van der Waals surface area contributed by atoms with Gasteiger partial charge in [-0.2, -0.15) is 11.8 Å². The highest BCUT2D eigenvalue weighted by Crippen LogP contribution is 2.26. The molecule has 92 valence electrons. The van der Waals surface area contributed by atoms with Crippen LogP contribution in [0.5, 0.6) is 0 Å². The van der Waals surface area contributed by atoms with Crippen molar-refractivity contribution in [2.24, 2.45) is 11.7 Å². The molecule has 4 heteroatoms. The Labute approximate surface area is 107 Å². The van der Waals surface area contributed by atoms with Gasteiger partial charge >= 0.3 is 0 Å². The van der Waals surface area contributed by atoms with Gasteiger partial charge in [0, 0.05) is 16.5 Å². The van der Waals surface area contributed by atoms with E-state index >= 15 is 0 Å². The van der Waals surface area contributed by atoms with Crippen molar-refractivity contribution in [1.82, 2.24) is 4.98 Å². The first-order valence-corrected chi connectivity index (χ1v) is 7.69. The Balaban J connectivity index is 2.41. The van der Waals surface area contributed by atoms with Crippen LogP contribution in [-0.4, -0.2) is 17.3 Å². The second-order valence-electron chi connectivity index (χ2n) is 5.23. The predicted molar refractivity (Wildman–Crippen MR) is 75.2 cm³/mol. The summed E-state index contributed by atoms with van der Waals surface area (Å²) in [5.41, 5.74) is 6.97. The molecule has 0 aromatic carbocycles. The van der Waals surface area contributed by atoms with Gasteiger partial charge in [-0.15, -0.1) is 11.3 Å². The van der Waals surface area contributed by atoms with Crippen LogP contribution < -0.4 is 5.73 Å². The summed E-state index contributed by atoms with van der Waals surface area (Å²) in [5, 5.41) is 3.42. The molecule has 1 atom stereocenters. The molecular formula is C12H22N2S2. The Morgan fingerprint density at radius 1 is 1.50 bits per heavy atom. The number of aromatic nitrogens is 1. The van der Waals surface area contributed by atoms with E-state index in [0.29, 0.717) is 5.92 Å². The molecule has 0 radical (unpaired) electrons. The number of nitrogens with zero attached hydrogens (tertiary/aromatic N) is 1. The largest absolute Gasteiger partial charge is 0.330 e. The minimum atomic E-state index is 0.171. The van der Waals surface area contributed by atoms with Gasteiger partial charge in [0.15, 0.2) is 0 Å². The Bertz CT molecular complexity index is 315. The monoisotopic (exact) mass is 258 g/mol. The fraction of sp³-hybridized carbons (Fsp3) is 0.750. The topological polar surface area (TPSA) is 38.9 Å². The average molecular weight is 258 g/mol. The maximum absolute atomic E-state index is 5.59. The minimum absolute atomic E-state index is 0.171. The van der Waals surface area contributed by atoms with Crippen LogP contribution in [0.15, 0.2) is 5.38 Å². The van der Waals surface area contributed by atoms with Crippen LogP contribution in [0.25, 0.3) is 0 Å². The summed E-state index contributed by atoms with van der Waals surface area (Å²) in [7, 11) is 0. The van der Waals surface area contributed by atoms with Crippen molar-refractivity contribution in [3.8, 4) is 0 Å². The molecule has 2 N–H and O–H groups in total. The van der Waals surface area contributed by atoms with Gasteiger partial charge in [0.1, 0.15) is 5.01 Å². The lowest BCUT2D eigenvalue weighted by Gasteiger charge is -2.14. The summed E-state index contributed by atoms with van der Waals surface area (Å²) >= 11 is 3.70. The Hall–Kier alpha value is -0.0600. The highest BCUT2D eigenvalue weighted by Gasteiger charge is 2.17. The maximum atomic E-state index is 5.59. The third kappa shape index (κ3) is 4.44. The summed E-state index contributed by atoms with van der Waals surface area (Å²) in [6.07, 6.45) is 0. The van der Waals surface area contributed by atoms with Crippen LogP contribution in [0.4, 0.5) is 0 Å². The minimum Gasteiger partial charge on any atom is -0.330 e. The number of rotatable bonds is 5. The number of hydrogen-bond acceptors (Lipinski definition) is 4. The van der Waals surface area contributed by atoms with Crippen molar-refractivity contribution < 1.29 is 0 Å². The van der Waals surface area contributed by atoms with E-state index in [4.69, 9.17) is 5.73 Å². The quantitative estimate of drug-likeness (QED) is 0.881. The zero-order valence-electron chi connectivity index (χ0n) is 10.6. The normalized spacial score (nSPS) is 14.1. The van der Waals surface area contributed by atoms with Gasteiger partial charge in [-0.1, -0.05) is 27.7 Å². The van der Waals surface area contributed by atoms with Gasteiger partial charge < -0.3 is 5.73 Å². The van der Waals surface area contributed by atoms with E-state index in [1.165, 1.54) is 10.7 Å². The number of hydrogen-bond donors (Lipinski definition) is 1. The molecule has 1 heterocycles. The molecule has 0 amide bonds. The highest BCUT2D eigenvalue weighted by molar-refractivity contribution is 7.98. The van der Waals surface area contributed by atoms with Crippen molar-refractivity contribution >= 4 is 23.1 Å². The molecule has 0 fully saturated rings. The number of nitrogens with two attached hydrogens (primary N) is 1. The third-order valence-electron chi connectivity index (χ3n) is 2.35. The molecule has 2 nitrogen and oxygen atoms in total. The lowest BCUT2D eigenvalue weighted by molar-refractivity contribution is 0.571. The molecule has 0 spiro atoms. The third-order valence-corrected chi connectivity index (χ3v) is 4.66. The van der Waals surface area contributed by atoms with Crippen LogP contribution in [0.3, 0.4) is 0 Å². The van der Waals surface area contributed by atoms with Crippen LogP contribution >= 0.6 is 23.1 Å². The maximum Gasteiger partial charge on any atom is 0.103 e. The molecule has 1 aromatic heterocycles. The van der Waals surface area contributed by atoms with Gasteiger partial charge in [-0.3, -0.25) is 0 Å². The van der Waals surface area contributed by atoms with Crippen molar-refractivity contribution in [2.75, 3.05) is 12.3 Å². The van der Waals surface area contributed by atoms with Gasteiger partial charge in [0.25, 0.3) is 0 Å². The predicted octanol–water partition coefficient (Wildman–Crippen LogP) is 3.27. The fourth-order valence-corrected chi connectivity index (χ4v) is 3.36. The average Bonchev–Trinajstić information content (AvgIpc) is 2.65. The summed E-state index contributed by atoms with van der Waals surface area (Å²) in [4.78, 5) is 4.67.